The SMILES string of the molecule is O=C(NCc1ccccc1)NNC(=O)c1ccc2[nH]cnc2c1. The van der Waals surface area contributed by atoms with Crippen molar-refractivity contribution in [2.75, 3.05) is 0 Å². The van der Waals surface area contributed by atoms with Crippen LogP contribution in [-0.2, 0) is 6.54 Å². The Morgan fingerprint density at radius 1 is 1.04 bits per heavy atom. The average molecular weight is 309 g/mol. The van der Waals surface area contributed by atoms with Crippen LogP contribution in [0.2, 0.25) is 0 Å². The molecule has 0 aliphatic rings. The molecule has 0 fully saturated rings. The van der Waals surface area contributed by atoms with E-state index >= 15 is 0 Å². The maximum absolute atomic E-state index is 12.0. The molecule has 0 aliphatic carbocycles. The Morgan fingerprint density at radius 3 is 2.70 bits per heavy atom. The number of aromatic amines is 1. The topological polar surface area (TPSA) is 98.9 Å². The molecule has 1 heterocycles. The predicted molar refractivity (Wildman–Crippen MR) is 85.4 cm³/mol. The fourth-order valence-corrected chi connectivity index (χ4v) is 2.08. The third-order valence-electron chi connectivity index (χ3n) is 3.27. The van der Waals surface area contributed by atoms with Gasteiger partial charge >= 0.3 is 6.03 Å². The lowest BCUT2D eigenvalue weighted by molar-refractivity contribution is 0.0936. The van der Waals surface area contributed by atoms with Gasteiger partial charge in [-0.2, -0.15) is 0 Å². The average Bonchev–Trinajstić information content (AvgIpc) is 3.06. The molecule has 1 aromatic heterocycles. The van der Waals surface area contributed by atoms with Crippen LogP contribution in [-0.4, -0.2) is 21.9 Å². The molecular weight excluding hydrogens is 294 g/mol. The maximum atomic E-state index is 12.0. The molecule has 0 spiro atoms. The van der Waals surface area contributed by atoms with E-state index in [1.165, 1.54) is 0 Å². The summed E-state index contributed by atoms with van der Waals surface area (Å²) in [4.78, 5) is 30.7. The zero-order chi connectivity index (χ0) is 16.1. The third-order valence-corrected chi connectivity index (χ3v) is 3.27. The molecule has 7 heteroatoms. The zero-order valence-electron chi connectivity index (χ0n) is 12.2. The molecule has 3 amide bonds. The number of hydrazine groups is 1. The highest BCUT2D eigenvalue weighted by atomic mass is 16.2. The molecule has 2 aromatic carbocycles. The number of nitrogens with zero attached hydrogens (tertiary/aromatic N) is 1. The lowest BCUT2D eigenvalue weighted by atomic mass is 10.2. The Labute approximate surface area is 132 Å². The molecule has 7 nitrogen and oxygen atoms in total. The molecule has 3 rings (SSSR count). The number of benzene rings is 2. The van der Waals surface area contributed by atoms with Crippen molar-refractivity contribution < 1.29 is 9.59 Å². The Kier molecular flexibility index (Phi) is 4.19. The summed E-state index contributed by atoms with van der Waals surface area (Å²) in [6.07, 6.45) is 1.56. The fourth-order valence-electron chi connectivity index (χ4n) is 2.08. The van der Waals surface area contributed by atoms with Crippen molar-refractivity contribution in [3.05, 3.63) is 66.0 Å². The minimum Gasteiger partial charge on any atom is -0.345 e. The summed E-state index contributed by atoms with van der Waals surface area (Å²) < 4.78 is 0. The van der Waals surface area contributed by atoms with Gasteiger partial charge in [-0.05, 0) is 23.8 Å². The van der Waals surface area contributed by atoms with Crippen molar-refractivity contribution in [3.8, 4) is 0 Å². The van der Waals surface area contributed by atoms with Gasteiger partial charge in [-0.3, -0.25) is 10.2 Å². The van der Waals surface area contributed by atoms with E-state index in [0.717, 1.165) is 11.1 Å². The van der Waals surface area contributed by atoms with Gasteiger partial charge in [0, 0.05) is 12.1 Å². The van der Waals surface area contributed by atoms with Crippen LogP contribution < -0.4 is 16.2 Å². The highest BCUT2D eigenvalue weighted by Crippen LogP contribution is 2.11. The lowest BCUT2D eigenvalue weighted by Crippen LogP contribution is -2.46. The van der Waals surface area contributed by atoms with Crippen LogP contribution in [0.15, 0.2) is 54.9 Å². The lowest BCUT2D eigenvalue weighted by Gasteiger charge is -2.09. The van der Waals surface area contributed by atoms with Crippen LogP contribution >= 0.6 is 0 Å². The van der Waals surface area contributed by atoms with Crippen molar-refractivity contribution in [1.29, 1.82) is 0 Å². The predicted octanol–water partition coefficient (Wildman–Crippen LogP) is 1.71. The van der Waals surface area contributed by atoms with Gasteiger partial charge in [-0.25, -0.2) is 15.2 Å². The summed E-state index contributed by atoms with van der Waals surface area (Å²) >= 11 is 0. The maximum Gasteiger partial charge on any atom is 0.333 e. The first kappa shape index (κ1) is 14.6. The fraction of sp³-hybridized carbons (Fsp3) is 0.0625. The van der Waals surface area contributed by atoms with Gasteiger partial charge in [-0.15, -0.1) is 0 Å². The van der Waals surface area contributed by atoms with Crippen LogP contribution in [0.4, 0.5) is 4.79 Å². The van der Waals surface area contributed by atoms with Gasteiger partial charge in [0.2, 0.25) is 0 Å². The first-order chi connectivity index (χ1) is 11.2. The molecule has 0 bridgehead atoms. The summed E-state index contributed by atoms with van der Waals surface area (Å²) in [6, 6.07) is 14.1. The highest BCUT2D eigenvalue weighted by molar-refractivity contribution is 5.98. The number of fused-ring (bicyclic) bond motifs is 1. The number of carbonyl (C=O) groups excluding carboxylic acids is 2. The van der Waals surface area contributed by atoms with Crippen LogP contribution in [0.5, 0.6) is 0 Å². The number of hydrogen-bond donors (Lipinski definition) is 4. The second-order valence-electron chi connectivity index (χ2n) is 4.88. The Morgan fingerprint density at radius 2 is 1.87 bits per heavy atom. The zero-order valence-corrected chi connectivity index (χ0v) is 12.2. The highest BCUT2D eigenvalue weighted by Gasteiger charge is 2.08. The van der Waals surface area contributed by atoms with E-state index in [-0.39, 0.29) is 0 Å². The van der Waals surface area contributed by atoms with Crippen molar-refractivity contribution in [3.63, 3.8) is 0 Å². The molecule has 23 heavy (non-hydrogen) atoms. The molecule has 0 saturated heterocycles. The number of H-pyrrole nitrogens is 1. The number of rotatable bonds is 3. The van der Waals surface area contributed by atoms with Crippen LogP contribution in [0.3, 0.4) is 0 Å². The second kappa shape index (κ2) is 6.61. The van der Waals surface area contributed by atoms with E-state index < -0.39 is 11.9 Å². The quantitative estimate of drug-likeness (QED) is 0.554. The minimum absolute atomic E-state index is 0.377. The molecule has 116 valence electrons. The first-order valence-corrected chi connectivity index (χ1v) is 7.03. The van der Waals surface area contributed by atoms with Crippen LogP contribution in [0.1, 0.15) is 15.9 Å². The molecular formula is C16H15N5O2. The van der Waals surface area contributed by atoms with E-state index in [1.807, 2.05) is 30.3 Å². The largest absolute Gasteiger partial charge is 0.345 e. The van der Waals surface area contributed by atoms with E-state index in [0.29, 0.717) is 17.6 Å². The molecule has 0 aliphatic heterocycles. The third kappa shape index (κ3) is 3.65. The Bertz CT molecular complexity index is 829. The van der Waals surface area contributed by atoms with Crippen LogP contribution in [0.25, 0.3) is 11.0 Å². The standard InChI is InChI=1S/C16H15N5O2/c22-15(12-6-7-13-14(8-12)19-10-18-13)20-21-16(23)17-9-11-4-2-1-3-5-11/h1-8,10H,9H2,(H,18,19)(H,20,22)(H2,17,21,23). The molecule has 0 atom stereocenters. The number of aromatic nitrogens is 2. The van der Waals surface area contributed by atoms with Gasteiger partial charge in [0.25, 0.3) is 5.91 Å². The van der Waals surface area contributed by atoms with Crippen molar-refractivity contribution in [1.82, 2.24) is 26.1 Å². The number of amides is 3. The summed E-state index contributed by atoms with van der Waals surface area (Å²) in [5, 5.41) is 2.65. The molecule has 4 N–H and O–H groups in total. The van der Waals surface area contributed by atoms with Gasteiger partial charge in [-0.1, -0.05) is 30.3 Å². The van der Waals surface area contributed by atoms with Gasteiger partial charge in [0.1, 0.15) is 0 Å². The molecule has 0 saturated carbocycles. The summed E-state index contributed by atoms with van der Waals surface area (Å²) in [5.74, 6) is -0.412. The van der Waals surface area contributed by atoms with E-state index in [1.54, 1.807) is 24.5 Å². The van der Waals surface area contributed by atoms with Crippen molar-refractivity contribution in [2.45, 2.75) is 6.54 Å². The van der Waals surface area contributed by atoms with E-state index in [2.05, 4.69) is 26.1 Å². The Hall–Kier alpha value is -3.35. The van der Waals surface area contributed by atoms with Crippen molar-refractivity contribution in [2.24, 2.45) is 0 Å². The summed E-state index contributed by atoms with van der Waals surface area (Å²) in [6.45, 7) is 0.377. The number of hydrogen-bond acceptors (Lipinski definition) is 3. The Balaban J connectivity index is 1.51. The van der Waals surface area contributed by atoms with E-state index in [9.17, 15) is 9.59 Å². The normalized spacial score (nSPS) is 10.3. The monoisotopic (exact) mass is 309 g/mol. The second-order valence-corrected chi connectivity index (χ2v) is 4.88. The van der Waals surface area contributed by atoms with Crippen LogP contribution in [0, 0.1) is 0 Å². The molecule has 0 radical (unpaired) electrons. The summed E-state index contributed by atoms with van der Waals surface area (Å²) in [5.41, 5.74) is 7.58. The van der Waals surface area contributed by atoms with E-state index in [4.69, 9.17) is 0 Å². The number of urea groups is 1. The molecule has 3 aromatic rings. The molecule has 0 unspecified atom stereocenters. The first-order valence-electron chi connectivity index (χ1n) is 7.03. The van der Waals surface area contributed by atoms with Gasteiger partial charge in [0.05, 0.1) is 17.4 Å². The number of imidazole rings is 1. The number of nitrogens with one attached hydrogen (secondary N) is 4. The summed E-state index contributed by atoms with van der Waals surface area (Å²) in [7, 11) is 0. The minimum atomic E-state index is -0.483. The van der Waals surface area contributed by atoms with Crippen molar-refractivity contribution >= 4 is 23.0 Å². The number of carbonyl (C=O) groups is 2. The smallest absolute Gasteiger partial charge is 0.333 e. The van der Waals surface area contributed by atoms with Gasteiger partial charge < -0.3 is 10.3 Å². The van der Waals surface area contributed by atoms with Gasteiger partial charge in [0.15, 0.2) is 0 Å².